The molecule has 16 heavy (non-hydrogen) atoms. The average Bonchev–Trinajstić information content (AvgIpc) is 2.76. The zero-order valence-electron chi connectivity index (χ0n) is 8.99. The molecule has 0 N–H and O–H groups in total. The van der Waals surface area contributed by atoms with E-state index in [0.717, 1.165) is 11.8 Å². The van der Waals surface area contributed by atoms with Crippen LogP contribution in [0.15, 0.2) is 18.7 Å². The van der Waals surface area contributed by atoms with Crippen LogP contribution in [0.25, 0.3) is 0 Å². The van der Waals surface area contributed by atoms with Crippen molar-refractivity contribution in [2.75, 3.05) is 13.4 Å². The smallest absolute Gasteiger partial charge is 0.231 e. The average molecular weight is 220 g/mol. The topological polar surface area (TPSA) is 44.8 Å². The van der Waals surface area contributed by atoms with E-state index < -0.39 is 0 Å². The van der Waals surface area contributed by atoms with Crippen LogP contribution in [-0.4, -0.2) is 19.7 Å². The Labute approximate surface area is 93.4 Å². The van der Waals surface area contributed by atoms with Crippen molar-refractivity contribution < 1.29 is 19.0 Å². The number of aldehydes is 1. The minimum absolute atomic E-state index is 0.180. The summed E-state index contributed by atoms with van der Waals surface area (Å²) in [6, 6.07) is 1.63. The molecule has 0 fully saturated rings. The molecule has 0 spiro atoms. The number of hydrogen-bond acceptors (Lipinski definition) is 4. The van der Waals surface area contributed by atoms with Crippen molar-refractivity contribution >= 4 is 6.29 Å². The molecule has 0 aromatic heterocycles. The van der Waals surface area contributed by atoms with E-state index in [2.05, 4.69) is 6.58 Å². The normalized spacial score (nSPS) is 12.3. The van der Waals surface area contributed by atoms with Crippen molar-refractivity contribution in [3.05, 3.63) is 29.8 Å². The minimum atomic E-state index is 0.180. The highest BCUT2D eigenvalue weighted by Crippen LogP contribution is 2.42. The van der Waals surface area contributed by atoms with Crippen LogP contribution in [0.1, 0.15) is 15.9 Å². The van der Waals surface area contributed by atoms with Crippen LogP contribution in [0.3, 0.4) is 0 Å². The van der Waals surface area contributed by atoms with Gasteiger partial charge >= 0.3 is 0 Å². The first kappa shape index (κ1) is 10.5. The van der Waals surface area contributed by atoms with Gasteiger partial charge in [0.2, 0.25) is 6.79 Å². The van der Waals surface area contributed by atoms with Crippen LogP contribution in [0.2, 0.25) is 0 Å². The fraction of sp³-hybridized carbons (Fsp3) is 0.250. The molecule has 1 aromatic carbocycles. The van der Waals surface area contributed by atoms with Crippen molar-refractivity contribution in [3.63, 3.8) is 0 Å². The Bertz CT molecular complexity index is 437. The number of carbonyl (C=O) groups excluding carboxylic acids is 1. The van der Waals surface area contributed by atoms with Crippen molar-refractivity contribution in [2.24, 2.45) is 0 Å². The predicted molar refractivity (Wildman–Crippen MR) is 58.4 cm³/mol. The molecule has 1 aromatic rings. The van der Waals surface area contributed by atoms with Crippen LogP contribution in [0, 0.1) is 6.92 Å². The third-order valence-electron chi connectivity index (χ3n) is 2.34. The van der Waals surface area contributed by atoms with E-state index in [1.165, 1.54) is 0 Å². The maximum absolute atomic E-state index is 10.9. The highest BCUT2D eigenvalue weighted by molar-refractivity contribution is 5.83. The SMILES string of the molecule is C=CCOc1c(C=O)cc2c(c1C)OCO2. The van der Waals surface area contributed by atoms with Gasteiger partial charge in [-0.15, -0.1) is 0 Å². The molecule has 4 nitrogen and oxygen atoms in total. The van der Waals surface area contributed by atoms with Gasteiger partial charge < -0.3 is 14.2 Å². The number of ether oxygens (including phenoxy) is 3. The molecule has 0 bridgehead atoms. The first-order chi connectivity index (χ1) is 7.77. The van der Waals surface area contributed by atoms with Gasteiger partial charge in [-0.25, -0.2) is 0 Å². The van der Waals surface area contributed by atoms with Gasteiger partial charge in [-0.05, 0) is 13.0 Å². The number of hydrogen-bond donors (Lipinski definition) is 0. The van der Waals surface area contributed by atoms with Gasteiger partial charge in [-0.3, -0.25) is 4.79 Å². The highest BCUT2D eigenvalue weighted by atomic mass is 16.7. The zero-order valence-corrected chi connectivity index (χ0v) is 8.99. The summed E-state index contributed by atoms with van der Waals surface area (Å²) in [7, 11) is 0. The molecule has 0 unspecified atom stereocenters. The van der Waals surface area contributed by atoms with E-state index in [4.69, 9.17) is 14.2 Å². The van der Waals surface area contributed by atoms with Gasteiger partial charge in [0.15, 0.2) is 17.8 Å². The van der Waals surface area contributed by atoms with Crippen LogP contribution >= 0.6 is 0 Å². The van der Waals surface area contributed by atoms with Crippen LogP contribution in [0.4, 0.5) is 0 Å². The number of rotatable bonds is 4. The lowest BCUT2D eigenvalue weighted by Gasteiger charge is -2.11. The van der Waals surface area contributed by atoms with E-state index in [1.54, 1.807) is 12.1 Å². The molecule has 2 rings (SSSR count). The number of carbonyl (C=O) groups is 1. The van der Waals surface area contributed by atoms with Gasteiger partial charge in [-0.2, -0.15) is 0 Å². The second-order valence-corrected chi connectivity index (χ2v) is 3.37. The molecule has 1 heterocycles. The Kier molecular flexibility index (Phi) is 2.81. The number of benzene rings is 1. The lowest BCUT2D eigenvalue weighted by molar-refractivity contribution is 0.111. The lowest BCUT2D eigenvalue weighted by Crippen LogP contribution is -2.00. The van der Waals surface area contributed by atoms with Crippen LogP contribution in [0.5, 0.6) is 17.2 Å². The standard InChI is InChI=1S/C12H12O4/c1-3-4-14-11-8(2)12-10(15-7-16-12)5-9(11)6-13/h3,5-6H,1,4,7H2,2H3. The van der Waals surface area contributed by atoms with Crippen LogP contribution < -0.4 is 14.2 Å². The molecule has 4 heteroatoms. The predicted octanol–water partition coefficient (Wildman–Crippen LogP) is 2.10. The summed E-state index contributed by atoms with van der Waals surface area (Å²) in [5.41, 5.74) is 1.24. The van der Waals surface area contributed by atoms with E-state index in [9.17, 15) is 4.79 Å². The third kappa shape index (κ3) is 1.62. The molecule has 1 aliphatic rings. The van der Waals surface area contributed by atoms with E-state index >= 15 is 0 Å². The van der Waals surface area contributed by atoms with Crippen molar-refractivity contribution in [2.45, 2.75) is 6.92 Å². The monoisotopic (exact) mass is 220 g/mol. The summed E-state index contributed by atoms with van der Waals surface area (Å²) in [6.07, 6.45) is 2.37. The molecule has 0 saturated carbocycles. The molecule has 0 saturated heterocycles. The molecule has 84 valence electrons. The first-order valence-corrected chi connectivity index (χ1v) is 4.90. The summed E-state index contributed by atoms with van der Waals surface area (Å²) < 4.78 is 16.0. The second kappa shape index (κ2) is 4.26. The Morgan fingerprint density at radius 1 is 1.56 bits per heavy atom. The summed E-state index contributed by atoms with van der Waals surface area (Å²) in [5, 5.41) is 0. The molecular formula is C12H12O4. The first-order valence-electron chi connectivity index (χ1n) is 4.90. The van der Waals surface area contributed by atoms with Crippen molar-refractivity contribution in [1.29, 1.82) is 0 Å². The van der Waals surface area contributed by atoms with Gasteiger partial charge in [0.25, 0.3) is 0 Å². The zero-order chi connectivity index (χ0) is 11.5. The van der Waals surface area contributed by atoms with Gasteiger partial charge in [0.05, 0.1) is 5.56 Å². The van der Waals surface area contributed by atoms with Crippen molar-refractivity contribution in [3.8, 4) is 17.2 Å². The Hall–Kier alpha value is -1.97. The lowest BCUT2D eigenvalue weighted by atomic mass is 10.1. The third-order valence-corrected chi connectivity index (χ3v) is 2.34. The maximum Gasteiger partial charge on any atom is 0.231 e. The van der Waals surface area contributed by atoms with E-state index in [-0.39, 0.29) is 6.79 Å². The molecule has 0 amide bonds. The molecule has 0 atom stereocenters. The summed E-state index contributed by atoms with van der Waals surface area (Å²) in [6.45, 7) is 5.92. The fourth-order valence-electron chi connectivity index (χ4n) is 1.64. The minimum Gasteiger partial charge on any atom is -0.488 e. The van der Waals surface area contributed by atoms with Gasteiger partial charge in [0.1, 0.15) is 12.4 Å². The van der Waals surface area contributed by atoms with E-state index in [1.807, 2.05) is 6.92 Å². The molecule has 0 radical (unpaired) electrons. The van der Waals surface area contributed by atoms with E-state index in [0.29, 0.717) is 29.4 Å². The fourth-order valence-corrected chi connectivity index (χ4v) is 1.64. The highest BCUT2D eigenvalue weighted by Gasteiger charge is 2.22. The Morgan fingerprint density at radius 2 is 2.38 bits per heavy atom. The Balaban J connectivity index is 2.48. The Morgan fingerprint density at radius 3 is 3.06 bits per heavy atom. The van der Waals surface area contributed by atoms with Gasteiger partial charge in [0, 0.05) is 5.56 Å². The number of fused-ring (bicyclic) bond motifs is 1. The van der Waals surface area contributed by atoms with Crippen molar-refractivity contribution in [1.82, 2.24) is 0 Å². The summed E-state index contributed by atoms with van der Waals surface area (Å²) in [5.74, 6) is 1.76. The quantitative estimate of drug-likeness (QED) is 0.575. The largest absolute Gasteiger partial charge is 0.488 e. The summed E-state index contributed by atoms with van der Waals surface area (Å²) in [4.78, 5) is 10.9. The molecule has 1 aliphatic heterocycles. The van der Waals surface area contributed by atoms with Crippen LogP contribution in [-0.2, 0) is 0 Å². The van der Waals surface area contributed by atoms with Gasteiger partial charge in [-0.1, -0.05) is 12.7 Å². The molecular weight excluding hydrogens is 208 g/mol. The summed E-state index contributed by atoms with van der Waals surface area (Å²) >= 11 is 0. The second-order valence-electron chi connectivity index (χ2n) is 3.37. The maximum atomic E-state index is 10.9. The molecule has 0 aliphatic carbocycles.